The molecule has 15 nitrogen and oxygen atoms in total. The van der Waals surface area contributed by atoms with E-state index in [0.717, 1.165) is 0 Å². The van der Waals surface area contributed by atoms with Gasteiger partial charge >= 0.3 is 5.97 Å². The van der Waals surface area contributed by atoms with E-state index >= 15 is 0 Å². The second kappa shape index (κ2) is 14.8. The van der Waals surface area contributed by atoms with E-state index in [2.05, 4.69) is 20.9 Å². The van der Waals surface area contributed by atoms with Crippen molar-refractivity contribution in [3.8, 4) is 5.75 Å². The lowest BCUT2D eigenvalue weighted by Gasteiger charge is -2.20. The van der Waals surface area contributed by atoms with Gasteiger partial charge in [0.15, 0.2) is 5.96 Å². The largest absolute Gasteiger partial charge is 0.508 e. The van der Waals surface area contributed by atoms with Crippen molar-refractivity contribution in [2.75, 3.05) is 13.1 Å². The maximum atomic E-state index is 12.6. The smallest absolute Gasteiger partial charge is 0.326 e. The van der Waals surface area contributed by atoms with Crippen LogP contribution in [0.1, 0.15) is 24.8 Å². The van der Waals surface area contributed by atoms with E-state index in [4.69, 9.17) is 22.9 Å². The Morgan fingerprint density at radius 2 is 1.58 bits per heavy atom. The number of hydrogen-bond acceptors (Lipinski definition) is 8. The van der Waals surface area contributed by atoms with Gasteiger partial charge < -0.3 is 49.1 Å². The summed E-state index contributed by atoms with van der Waals surface area (Å²) < 4.78 is 0. The zero-order valence-corrected chi connectivity index (χ0v) is 19.5. The van der Waals surface area contributed by atoms with Crippen LogP contribution in [-0.4, -0.2) is 77.0 Å². The number of aromatic hydroxyl groups is 1. The van der Waals surface area contributed by atoms with E-state index < -0.39 is 60.7 Å². The Bertz CT molecular complexity index is 964. The molecule has 0 aliphatic rings. The minimum Gasteiger partial charge on any atom is -0.508 e. The van der Waals surface area contributed by atoms with Gasteiger partial charge in [-0.1, -0.05) is 12.1 Å². The van der Waals surface area contributed by atoms with Crippen molar-refractivity contribution in [2.24, 2.45) is 27.9 Å². The van der Waals surface area contributed by atoms with Gasteiger partial charge in [-0.3, -0.25) is 24.2 Å². The number of carbonyl (C=O) groups is 5. The van der Waals surface area contributed by atoms with Crippen LogP contribution in [0.4, 0.5) is 0 Å². The van der Waals surface area contributed by atoms with Gasteiger partial charge in [0.1, 0.15) is 17.8 Å². The number of guanidine groups is 1. The van der Waals surface area contributed by atoms with Crippen molar-refractivity contribution in [1.29, 1.82) is 0 Å². The highest BCUT2D eigenvalue weighted by molar-refractivity contribution is 5.93. The molecule has 13 N–H and O–H groups in total. The standard InChI is InChI=1S/C21H32N8O7/c22-13(9-16(23)31)18(33)29-14(2-1-7-26-21(24)25)19(34)27-10-17(32)28-15(20(35)36)8-11-3-5-12(30)6-4-11/h3-6,13-15,30H,1-2,7-10,22H2,(H2,23,31)(H,27,34)(H,28,32)(H,29,33)(H,35,36)(H4,24,25,26). The van der Waals surface area contributed by atoms with Gasteiger partial charge in [0.25, 0.3) is 0 Å². The molecule has 4 amide bonds. The predicted octanol–water partition coefficient (Wildman–Crippen LogP) is -3.64. The number of benzene rings is 1. The van der Waals surface area contributed by atoms with E-state index in [1.54, 1.807) is 0 Å². The van der Waals surface area contributed by atoms with Gasteiger partial charge in [-0.15, -0.1) is 0 Å². The number of primary amides is 1. The maximum absolute atomic E-state index is 12.6. The summed E-state index contributed by atoms with van der Waals surface area (Å²) in [4.78, 5) is 63.5. The molecule has 0 heterocycles. The van der Waals surface area contributed by atoms with Crippen LogP contribution < -0.4 is 38.9 Å². The van der Waals surface area contributed by atoms with Crippen molar-refractivity contribution in [2.45, 2.75) is 43.8 Å². The molecule has 0 saturated carbocycles. The third-order valence-corrected chi connectivity index (χ3v) is 4.77. The number of rotatable bonds is 15. The molecule has 0 radical (unpaired) electrons. The summed E-state index contributed by atoms with van der Waals surface area (Å²) in [5.41, 5.74) is 21.7. The minimum atomic E-state index is -1.30. The van der Waals surface area contributed by atoms with Gasteiger partial charge in [-0.2, -0.15) is 0 Å². The number of carboxylic acids is 1. The van der Waals surface area contributed by atoms with Crippen molar-refractivity contribution >= 4 is 35.6 Å². The summed E-state index contributed by atoms with van der Waals surface area (Å²) in [6, 6.07) is 2.07. The summed E-state index contributed by atoms with van der Waals surface area (Å²) in [6.45, 7) is -0.417. The van der Waals surface area contributed by atoms with E-state index in [1.165, 1.54) is 24.3 Å². The molecule has 3 atom stereocenters. The number of aliphatic carboxylic acids is 1. The van der Waals surface area contributed by atoms with Crippen LogP contribution >= 0.6 is 0 Å². The number of aliphatic imine (C=N–C) groups is 1. The molecule has 36 heavy (non-hydrogen) atoms. The van der Waals surface area contributed by atoms with Gasteiger partial charge in [0, 0.05) is 13.0 Å². The van der Waals surface area contributed by atoms with Gasteiger partial charge in [0.05, 0.1) is 19.0 Å². The van der Waals surface area contributed by atoms with E-state index in [9.17, 15) is 34.2 Å². The zero-order valence-electron chi connectivity index (χ0n) is 19.5. The van der Waals surface area contributed by atoms with E-state index in [-0.39, 0.29) is 37.5 Å². The van der Waals surface area contributed by atoms with E-state index in [0.29, 0.717) is 5.56 Å². The first-order valence-electron chi connectivity index (χ1n) is 10.9. The van der Waals surface area contributed by atoms with Crippen molar-refractivity contribution in [3.63, 3.8) is 0 Å². The van der Waals surface area contributed by atoms with Crippen LogP contribution in [0.15, 0.2) is 29.3 Å². The molecular weight excluding hydrogens is 476 g/mol. The first kappa shape index (κ1) is 29.6. The van der Waals surface area contributed by atoms with Gasteiger partial charge in [0.2, 0.25) is 23.6 Å². The number of carboxylic acid groups (broad SMARTS) is 1. The number of nitrogens with two attached hydrogens (primary N) is 4. The SMILES string of the molecule is NC(=O)CC(N)C(=O)NC(CCCN=C(N)N)C(=O)NCC(=O)NC(Cc1ccc(O)cc1)C(=O)O. The Balaban J connectivity index is 2.74. The quantitative estimate of drug-likeness (QED) is 0.0636. The molecule has 0 fully saturated rings. The summed E-state index contributed by atoms with van der Waals surface area (Å²) in [7, 11) is 0. The maximum Gasteiger partial charge on any atom is 0.326 e. The first-order chi connectivity index (χ1) is 16.9. The number of nitrogens with zero attached hydrogens (tertiary/aromatic N) is 1. The predicted molar refractivity (Wildman–Crippen MR) is 128 cm³/mol. The van der Waals surface area contributed by atoms with Crippen LogP contribution in [0.2, 0.25) is 0 Å². The van der Waals surface area contributed by atoms with Crippen molar-refractivity contribution < 1.29 is 34.2 Å². The highest BCUT2D eigenvalue weighted by atomic mass is 16.4. The summed E-state index contributed by atoms with van der Waals surface area (Å²) in [5.74, 6) is -4.58. The Kier molecular flexibility index (Phi) is 12.2. The summed E-state index contributed by atoms with van der Waals surface area (Å²) in [6.07, 6.45) is -0.149. The molecule has 0 aliphatic carbocycles. The Labute approximate surface area is 206 Å². The molecular formula is C21H32N8O7. The molecule has 1 aromatic rings. The highest BCUT2D eigenvalue weighted by Gasteiger charge is 2.26. The number of phenolic OH excluding ortho intramolecular Hbond substituents is 1. The van der Waals surface area contributed by atoms with Crippen molar-refractivity contribution in [3.05, 3.63) is 29.8 Å². The van der Waals surface area contributed by atoms with Crippen LogP contribution in [0.25, 0.3) is 0 Å². The fourth-order valence-electron chi connectivity index (χ4n) is 2.96. The Hall–Kier alpha value is -4.40. The average Bonchev–Trinajstić information content (AvgIpc) is 2.79. The van der Waals surface area contributed by atoms with Crippen LogP contribution in [0.5, 0.6) is 5.75 Å². The fraction of sp³-hybridized carbons (Fsp3) is 0.429. The average molecular weight is 509 g/mol. The summed E-state index contributed by atoms with van der Waals surface area (Å²) in [5, 5.41) is 25.7. The third-order valence-electron chi connectivity index (χ3n) is 4.77. The van der Waals surface area contributed by atoms with E-state index in [1.807, 2.05) is 0 Å². The topological polar surface area (TPSA) is 278 Å². The molecule has 15 heteroatoms. The number of amides is 4. The van der Waals surface area contributed by atoms with Crippen LogP contribution in [-0.2, 0) is 30.4 Å². The molecule has 198 valence electrons. The third kappa shape index (κ3) is 11.6. The number of nitrogens with one attached hydrogen (secondary N) is 3. The van der Waals surface area contributed by atoms with Gasteiger partial charge in [-0.05, 0) is 30.5 Å². The normalized spacial score (nSPS) is 12.9. The molecule has 0 bridgehead atoms. The number of hydrogen-bond donors (Lipinski definition) is 9. The number of carbonyl (C=O) groups excluding carboxylic acids is 4. The number of phenols is 1. The zero-order chi connectivity index (χ0) is 27.3. The molecule has 0 aliphatic heterocycles. The molecule has 1 rings (SSSR count). The van der Waals surface area contributed by atoms with Crippen molar-refractivity contribution in [1.82, 2.24) is 16.0 Å². The molecule has 0 saturated heterocycles. The molecule has 0 spiro atoms. The lowest BCUT2D eigenvalue weighted by atomic mass is 10.1. The Morgan fingerprint density at radius 1 is 0.944 bits per heavy atom. The summed E-state index contributed by atoms with van der Waals surface area (Å²) >= 11 is 0. The minimum absolute atomic E-state index is 0.00731. The second-order valence-electron chi connectivity index (χ2n) is 7.83. The van der Waals surface area contributed by atoms with Crippen LogP contribution in [0.3, 0.4) is 0 Å². The molecule has 3 unspecified atom stereocenters. The molecule has 0 aromatic heterocycles. The van der Waals surface area contributed by atoms with Gasteiger partial charge in [-0.25, -0.2) is 4.79 Å². The lowest BCUT2D eigenvalue weighted by Crippen LogP contribution is -2.54. The monoisotopic (exact) mass is 508 g/mol. The van der Waals surface area contributed by atoms with Crippen LogP contribution in [0, 0.1) is 0 Å². The lowest BCUT2D eigenvalue weighted by molar-refractivity contribution is -0.141. The fourth-order valence-corrected chi connectivity index (χ4v) is 2.96. The first-order valence-corrected chi connectivity index (χ1v) is 10.9. The Morgan fingerprint density at radius 3 is 2.14 bits per heavy atom. The highest BCUT2D eigenvalue weighted by Crippen LogP contribution is 2.11. The second-order valence-corrected chi connectivity index (χ2v) is 7.83. The molecule has 1 aromatic carbocycles.